The summed E-state index contributed by atoms with van der Waals surface area (Å²) >= 11 is 0. The van der Waals surface area contributed by atoms with Gasteiger partial charge in [0.1, 0.15) is 6.26 Å². The van der Waals surface area contributed by atoms with E-state index in [1.165, 1.54) is 38.6 Å². The van der Waals surface area contributed by atoms with E-state index in [2.05, 4.69) is 15.8 Å². The number of hydrogen-bond donors (Lipinski definition) is 2. The Morgan fingerprint density at radius 3 is 3.12 bits per heavy atom. The molecule has 2 N–H and O–H groups in total. The van der Waals surface area contributed by atoms with Crippen LogP contribution in [0.3, 0.4) is 0 Å². The lowest BCUT2D eigenvalue weighted by molar-refractivity contribution is 0.316. The summed E-state index contributed by atoms with van der Waals surface area (Å²) in [7, 11) is 0. The molecule has 0 aromatic carbocycles. The van der Waals surface area contributed by atoms with Crippen molar-refractivity contribution < 1.29 is 4.52 Å². The third kappa shape index (κ3) is 2.53. The van der Waals surface area contributed by atoms with Crippen LogP contribution in [0.25, 0.3) is 0 Å². The van der Waals surface area contributed by atoms with E-state index in [0.29, 0.717) is 6.04 Å². The van der Waals surface area contributed by atoms with Gasteiger partial charge in [-0.25, -0.2) is 0 Å². The topological polar surface area (TPSA) is 50.1 Å². The Morgan fingerprint density at radius 2 is 2.35 bits per heavy atom. The predicted octanol–water partition coefficient (Wildman–Crippen LogP) is 1.68. The predicted molar refractivity (Wildman–Crippen MR) is 65.5 cm³/mol. The fourth-order valence-corrected chi connectivity index (χ4v) is 3.37. The molecule has 0 amide bonds. The molecule has 1 aromatic heterocycles. The Kier molecular flexibility index (Phi) is 3.43. The highest BCUT2D eigenvalue weighted by Gasteiger charge is 2.34. The second-order valence-corrected chi connectivity index (χ2v) is 5.28. The Hall–Kier alpha value is -0.870. The van der Waals surface area contributed by atoms with Crippen molar-refractivity contribution in [3.05, 3.63) is 18.0 Å². The smallest absolute Gasteiger partial charge is 0.124 e. The van der Waals surface area contributed by atoms with Crippen molar-refractivity contribution in [2.24, 2.45) is 5.92 Å². The zero-order chi connectivity index (χ0) is 11.5. The van der Waals surface area contributed by atoms with Gasteiger partial charge in [-0.2, -0.15) is 0 Å². The van der Waals surface area contributed by atoms with E-state index in [1.807, 2.05) is 6.07 Å². The van der Waals surface area contributed by atoms with E-state index >= 15 is 0 Å². The molecule has 0 bridgehead atoms. The number of aromatic nitrogens is 1. The molecule has 2 fully saturated rings. The fraction of sp³-hybridized carbons (Fsp3) is 0.769. The van der Waals surface area contributed by atoms with Crippen LogP contribution in [0.15, 0.2) is 16.9 Å². The second kappa shape index (κ2) is 5.19. The van der Waals surface area contributed by atoms with Gasteiger partial charge in [0, 0.05) is 24.7 Å². The molecule has 3 unspecified atom stereocenters. The normalized spacial score (nSPS) is 33.3. The van der Waals surface area contributed by atoms with E-state index < -0.39 is 0 Å². The largest absolute Gasteiger partial charge is 0.364 e. The highest BCUT2D eigenvalue weighted by molar-refractivity contribution is 4.98. The van der Waals surface area contributed by atoms with E-state index in [0.717, 1.165) is 24.2 Å². The molecule has 3 rings (SSSR count). The molecule has 1 aliphatic heterocycles. The summed E-state index contributed by atoms with van der Waals surface area (Å²) in [5.74, 6) is 0.810. The van der Waals surface area contributed by atoms with Crippen molar-refractivity contribution in [3.63, 3.8) is 0 Å². The van der Waals surface area contributed by atoms with E-state index in [1.54, 1.807) is 6.26 Å². The van der Waals surface area contributed by atoms with E-state index in [9.17, 15) is 0 Å². The van der Waals surface area contributed by atoms with E-state index in [4.69, 9.17) is 4.52 Å². The average molecular weight is 235 g/mol. The average Bonchev–Trinajstić information content (AvgIpc) is 3.09. The van der Waals surface area contributed by atoms with Gasteiger partial charge < -0.3 is 15.2 Å². The maximum atomic E-state index is 4.85. The number of rotatable bonds is 4. The summed E-state index contributed by atoms with van der Waals surface area (Å²) in [6, 6.07) is 3.33. The molecule has 1 aliphatic carbocycles. The van der Waals surface area contributed by atoms with Gasteiger partial charge in [-0.1, -0.05) is 11.6 Å². The van der Waals surface area contributed by atoms with Gasteiger partial charge in [-0.3, -0.25) is 0 Å². The molecule has 1 aromatic rings. The number of hydrogen-bond acceptors (Lipinski definition) is 4. The van der Waals surface area contributed by atoms with Gasteiger partial charge in [0.15, 0.2) is 0 Å². The quantitative estimate of drug-likeness (QED) is 0.833. The maximum Gasteiger partial charge on any atom is 0.124 e. The summed E-state index contributed by atoms with van der Waals surface area (Å²) in [6.45, 7) is 2.04. The minimum atomic E-state index is 0.655. The highest BCUT2D eigenvalue weighted by Crippen LogP contribution is 2.31. The molecule has 1 saturated heterocycles. The summed E-state index contributed by atoms with van der Waals surface area (Å²) in [4.78, 5) is 0. The van der Waals surface area contributed by atoms with Gasteiger partial charge in [0.05, 0.1) is 5.69 Å². The summed E-state index contributed by atoms with van der Waals surface area (Å²) in [6.07, 6.45) is 8.37. The van der Waals surface area contributed by atoms with Crippen LogP contribution in [0.5, 0.6) is 0 Å². The monoisotopic (exact) mass is 235 g/mol. The van der Waals surface area contributed by atoms with Crippen LogP contribution in [-0.2, 0) is 6.54 Å². The molecule has 1 saturated carbocycles. The molecule has 2 heterocycles. The van der Waals surface area contributed by atoms with Crippen molar-refractivity contribution in [3.8, 4) is 0 Å². The standard InChI is InChI=1S/C13H21N3O/c1-3-11(12-5-2-7-14-12)13(4-1)15-9-10-6-8-17-16-10/h6,8,11-15H,1-5,7,9H2. The molecule has 3 atom stereocenters. The lowest BCUT2D eigenvalue weighted by atomic mass is 9.93. The fourth-order valence-electron chi connectivity index (χ4n) is 3.37. The van der Waals surface area contributed by atoms with Crippen LogP contribution in [0.1, 0.15) is 37.8 Å². The van der Waals surface area contributed by atoms with Gasteiger partial charge in [-0.05, 0) is 38.1 Å². The maximum absolute atomic E-state index is 4.85. The van der Waals surface area contributed by atoms with Crippen molar-refractivity contribution in [1.29, 1.82) is 0 Å². The minimum absolute atomic E-state index is 0.655. The van der Waals surface area contributed by atoms with Crippen LogP contribution in [-0.4, -0.2) is 23.8 Å². The molecule has 0 radical (unpaired) electrons. The summed E-state index contributed by atoms with van der Waals surface area (Å²) in [5.41, 5.74) is 1.01. The van der Waals surface area contributed by atoms with Crippen molar-refractivity contribution in [2.75, 3.05) is 6.54 Å². The van der Waals surface area contributed by atoms with Crippen LogP contribution in [0.4, 0.5) is 0 Å². The van der Waals surface area contributed by atoms with Crippen molar-refractivity contribution in [2.45, 2.75) is 50.7 Å². The number of nitrogens with zero attached hydrogens (tertiary/aromatic N) is 1. The van der Waals surface area contributed by atoms with Gasteiger partial charge in [0.2, 0.25) is 0 Å². The lowest BCUT2D eigenvalue weighted by Crippen LogP contribution is -2.41. The Bertz CT molecular complexity index is 332. The first-order valence-electron chi connectivity index (χ1n) is 6.79. The van der Waals surface area contributed by atoms with Crippen LogP contribution < -0.4 is 10.6 Å². The second-order valence-electron chi connectivity index (χ2n) is 5.28. The van der Waals surface area contributed by atoms with Crippen LogP contribution in [0.2, 0.25) is 0 Å². The Morgan fingerprint density at radius 1 is 1.35 bits per heavy atom. The lowest BCUT2D eigenvalue weighted by Gasteiger charge is -2.26. The number of nitrogens with one attached hydrogen (secondary N) is 2. The molecule has 2 aliphatic rings. The first-order chi connectivity index (χ1) is 8.43. The summed E-state index contributed by atoms with van der Waals surface area (Å²) < 4.78 is 4.85. The van der Waals surface area contributed by atoms with Gasteiger partial charge in [0.25, 0.3) is 0 Å². The molecule has 17 heavy (non-hydrogen) atoms. The van der Waals surface area contributed by atoms with Crippen LogP contribution in [0, 0.1) is 5.92 Å². The third-order valence-electron chi connectivity index (χ3n) is 4.22. The Balaban J connectivity index is 1.54. The molecule has 4 nitrogen and oxygen atoms in total. The molecule has 4 heteroatoms. The molecule has 94 valence electrons. The van der Waals surface area contributed by atoms with Crippen LogP contribution >= 0.6 is 0 Å². The van der Waals surface area contributed by atoms with Gasteiger partial charge >= 0.3 is 0 Å². The van der Waals surface area contributed by atoms with Crippen molar-refractivity contribution >= 4 is 0 Å². The SMILES string of the molecule is c1cc(CNC2CCCC2C2CCCN2)no1. The van der Waals surface area contributed by atoms with E-state index in [-0.39, 0.29) is 0 Å². The van der Waals surface area contributed by atoms with Gasteiger partial charge in [-0.15, -0.1) is 0 Å². The zero-order valence-corrected chi connectivity index (χ0v) is 10.2. The summed E-state index contributed by atoms with van der Waals surface area (Å²) in [5, 5.41) is 11.2. The molecule has 0 spiro atoms. The first kappa shape index (κ1) is 11.2. The molecular weight excluding hydrogens is 214 g/mol. The first-order valence-corrected chi connectivity index (χ1v) is 6.79. The van der Waals surface area contributed by atoms with Crippen molar-refractivity contribution in [1.82, 2.24) is 15.8 Å². The Labute approximate surface area is 102 Å². The third-order valence-corrected chi connectivity index (χ3v) is 4.22. The minimum Gasteiger partial charge on any atom is -0.364 e. The zero-order valence-electron chi connectivity index (χ0n) is 10.2. The molecular formula is C13H21N3O. The highest BCUT2D eigenvalue weighted by atomic mass is 16.5.